The van der Waals surface area contributed by atoms with Gasteiger partial charge in [0.25, 0.3) is 0 Å². The van der Waals surface area contributed by atoms with Crippen molar-refractivity contribution in [1.29, 1.82) is 0 Å². The van der Waals surface area contributed by atoms with Gasteiger partial charge in [0, 0.05) is 13.1 Å². The SMILES string of the molecule is CC.CCCCNC1=NCCN1. The van der Waals surface area contributed by atoms with E-state index in [-0.39, 0.29) is 0 Å². The Hall–Kier alpha value is -0.730. The zero-order valence-electron chi connectivity index (χ0n) is 8.48. The number of nitrogens with one attached hydrogen (secondary N) is 2. The van der Waals surface area contributed by atoms with Gasteiger partial charge in [0.1, 0.15) is 0 Å². The Morgan fingerprint density at radius 1 is 1.50 bits per heavy atom. The highest BCUT2D eigenvalue weighted by molar-refractivity contribution is 5.81. The Balaban J connectivity index is 0.000000561. The molecule has 1 heterocycles. The van der Waals surface area contributed by atoms with E-state index in [4.69, 9.17) is 0 Å². The van der Waals surface area contributed by atoms with Gasteiger partial charge in [-0.05, 0) is 6.42 Å². The predicted molar refractivity (Wildman–Crippen MR) is 54.6 cm³/mol. The second-order valence-electron chi connectivity index (χ2n) is 2.44. The Labute approximate surface area is 75.7 Å². The van der Waals surface area contributed by atoms with Crippen molar-refractivity contribution in [1.82, 2.24) is 10.6 Å². The fourth-order valence-corrected chi connectivity index (χ4v) is 0.900. The molecule has 2 N–H and O–H groups in total. The van der Waals surface area contributed by atoms with Crippen LogP contribution in [0.3, 0.4) is 0 Å². The van der Waals surface area contributed by atoms with E-state index >= 15 is 0 Å². The third kappa shape index (κ3) is 4.99. The largest absolute Gasteiger partial charge is 0.356 e. The molecule has 0 radical (unpaired) electrons. The maximum Gasteiger partial charge on any atom is 0.191 e. The Morgan fingerprint density at radius 3 is 2.75 bits per heavy atom. The number of rotatable bonds is 3. The van der Waals surface area contributed by atoms with E-state index in [1.807, 2.05) is 13.8 Å². The van der Waals surface area contributed by atoms with Crippen LogP contribution in [0.15, 0.2) is 4.99 Å². The first-order valence-electron chi connectivity index (χ1n) is 4.95. The zero-order valence-corrected chi connectivity index (χ0v) is 8.48. The number of hydrogen-bond acceptors (Lipinski definition) is 3. The van der Waals surface area contributed by atoms with E-state index in [9.17, 15) is 0 Å². The molecule has 0 aromatic heterocycles. The monoisotopic (exact) mass is 171 g/mol. The molecule has 0 saturated carbocycles. The summed E-state index contributed by atoms with van der Waals surface area (Å²) in [6.45, 7) is 9.15. The molecule has 0 fully saturated rings. The van der Waals surface area contributed by atoms with E-state index in [1.54, 1.807) is 0 Å². The summed E-state index contributed by atoms with van der Waals surface area (Å²) < 4.78 is 0. The molecule has 0 aliphatic carbocycles. The van der Waals surface area contributed by atoms with Crippen molar-refractivity contribution < 1.29 is 0 Å². The topological polar surface area (TPSA) is 36.4 Å². The van der Waals surface area contributed by atoms with Gasteiger partial charge in [0.15, 0.2) is 5.96 Å². The molecule has 0 spiro atoms. The van der Waals surface area contributed by atoms with E-state index < -0.39 is 0 Å². The third-order valence-electron chi connectivity index (χ3n) is 1.50. The van der Waals surface area contributed by atoms with Crippen LogP contribution in [0.1, 0.15) is 33.6 Å². The summed E-state index contributed by atoms with van der Waals surface area (Å²) in [5.74, 6) is 0.980. The van der Waals surface area contributed by atoms with Crippen molar-refractivity contribution in [2.24, 2.45) is 4.99 Å². The van der Waals surface area contributed by atoms with Crippen LogP contribution in [-0.2, 0) is 0 Å². The number of guanidine groups is 1. The molecule has 0 unspecified atom stereocenters. The number of nitrogens with zero attached hydrogens (tertiary/aromatic N) is 1. The van der Waals surface area contributed by atoms with Crippen LogP contribution in [-0.4, -0.2) is 25.6 Å². The van der Waals surface area contributed by atoms with E-state index in [2.05, 4.69) is 22.5 Å². The van der Waals surface area contributed by atoms with Gasteiger partial charge in [-0.2, -0.15) is 0 Å². The number of hydrogen-bond donors (Lipinski definition) is 2. The first-order chi connectivity index (χ1) is 5.93. The van der Waals surface area contributed by atoms with Gasteiger partial charge in [-0.3, -0.25) is 4.99 Å². The minimum absolute atomic E-state index is 0.925. The smallest absolute Gasteiger partial charge is 0.191 e. The fraction of sp³-hybridized carbons (Fsp3) is 0.889. The van der Waals surface area contributed by atoms with Gasteiger partial charge < -0.3 is 10.6 Å². The average molecular weight is 171 g/mol. The molecule has 12 heavy (non-hydrogen) atoms. The Bertz CT molecular complexity index is 121. The molecule has 0 aromatic rings. The highest BCUT2D eigenvalue weighted by atomic mass is 15.2. The molecule has 3 heteroatoms. The molecule has 1 rings (SSSR count). The van der Waals surface area contributed by atoms with E-state index in [1.165, 1.54) is 12.8 Å². The highest BCUT2D eigenvalue weighted by Gasteiger charge is 2.01. The van der Waals surface area contributed by atoms with Crippen LogP contribution in [0, 0.1) is 0 Å². The summed E-state index contributed by atoms with van der Waals surface area (Å²) in [5.41, 5.74) is 0. The molecular weight excluding hydrogens is 150 g/mol. The van der Waals surface area contributed by atoms with Crippen LogP contribution < -0.4 is 10.6 Å². The molecule has 0 bridgehead atoms. The van der Waals surface area contributed by atoms with Gasteiger partial charge in [-0.1, -0.05) is 27.2 Å². The summed E-state index contributed by atoms with van der Waals surface area (Å²) in [6.07, 6.45) is 2.46. The fourth-order valence-electron chi connectivity index (χ4n) is 0.900. The van der Waals surface area contributed by atoms with E-state index in [0.29, 0.717) is 0 Å². The molecule has 1 aliphatic heterocycles. The van der Waals surface area contributed by atoms with E-state index in [0.717, 1.165) is 25.6 Å². The quantitative estimate of drug-likeness (QED) is 0.629. The highest BCUT2D eigenvalue weighted by Crippen LogP contribution is 1.84. The molecule has 1 aliphatic rings. The lowest BCUT2D eigenvalue weighted by atomic mass is 10.3. The zero-order chi connectivity index (χ0) is 9.23. The van der Waals surface area contributed by atoms with Gasteiger partial charge in [0.2, 0.25) is 0 Å². The predicted octanol–water partition coefficient (Wildman–Crippen LogP) is 1.36. The molecule has 0 atom stereocenters. The molecule has 0 aromatic carbocycles. The van der Waals surface area contributed by atoms with Crippen molar-refractivity contribution in [2.75, 3.05) is 19.6 Å². The lowest BCUT2D eigenvalue weighted by Gasteiger charge is -2.03. The van der Waals surface area contributed by atoms with Gasteiger partial charge >= 0.3 is 0 Å². The Morgan fingerprint density at radius 2 is 2.25 bits per heavy atom. The van der Waals surface area contributed by atoms with Crippen molar-refractivity contribution in [3.63, 3.8) is 0 Å². The summed E-state index contributed by atoms with van der Waals surface area (Å²) in [7, 11) is 0. The average Bonchev–Trinajstić information content (AvgIpc) is 2.61. The first kappa shape index (κ1) is 11.3. The summed E-state index contributed by atoms with van der Waals surface area (Å²) >= 11 is 0. The molecule has 72 valence electrons. The van der Waals surface area contributed by atoms with Gasteiger partial charge in [-0.15, -0.1) is 0 Å². The number of unbranched alkanes of at least 4 members (excludes halogenated alkanes) is 1. The van der Waals surface area contributed by atoms with Crippen molar-refractivity contribution in [2.45, 2.75) is 33.6 Å². The second kappa shape index (κ2) is 8.37. The molecule has 0 saturated heterocycles. The van der Waals surface area contributed by atoms with Crippen molar-refractivity contribution >= 4 is 5.96 Å². The Kier molecular flexibility index (Phi) is 7.86. The first-order valence-corrected chi connectivity index (χ1v) is 4.95. The minimum Gasteiger partial charge on any atom is -0.356 e. The van der Waals surface area contributed by atoms with Crippen molar-refractivity contribution in [3.8, 4) is 0 Å². The van der Waals surface area contributed by atoms with Crippen molar-refractivity contribution in [3.05, 3.63) is 0 Å². The second-order valence-corrected chi connectivity index (χ2v) is 2.44. The summed E-state index contributed by atoms with van der Waals surface area (Å²) in [5, 5.41) is 6.38. The summed E-state index contributed by atoms with van der Waals surface area (Å²) in [6, 6.07) is 0. The molecule has 0 amide bonds. The lowest BCUT2D eigenvalue weighted by molar-refractivity contribution is 0.744. The lowest BCUT2D eigenvalue weighted by Crippen LogP contribution is -2.34. The van der Waals surface area contributed by atoms with Crippen LogP contribution in [0.2, 0.25) is 0 Å². The van der Waals surface area contributed by atoms with Crippen LogP contribution >= 0.6 is 0 Å². The number of aliphatic imine (C=N–C) groups is 1. The molecule has 3 nitrogen and oxygen atoms in total. The maximum absolute atomic E-state index is 4.20. The normalized spacial score (nSPS) is 14.1. The van der Waals surface area contributed by atoms with Gasteiger partial charge in [0.05, 0.1) is 6.54 Å². The molecular formula is C9H21N3. The van der Waals surface area contributed by atoms with Gasteiger partial charge in [-0.25, -0.2) is 0 Å². The van der Waals surface area contributed by atoms with Crippen LogP contribution in [0.25, 0.3) is 0 Å². The van der Waals surface area contributed by atoms with Crippen LogP contribution in [0.5, 0.6) is 0 Å². The standard InChI is InChI=1S/C7H15N3.C2H6/c1-2-3-4-8-7-9-5-6-10-7;1-2/h2-6H2,1H3,(H2,8,9,10);1-2H3. The van der Waals surface area contributed by atoms with Crippen LogP contribution in [0.4, 0.5) is 0 Å². The minimum atomic E-state index is 0.925. The maximum atomic E-state index is 4.20. The summed E-state index contributed by atoms with van der Waals surface area (Å²) in [4.78, 5) is 4.20. The third-order valence-corrected chi connectivity index (χ3v) is 1.50.